The number of hydrogen-bond acceptors (Lipinski definition) is 2. The standard InChI is InChI=1S/C3HFNS/c4-3-1-2-5-6-3/h1H. The highest BCUT2D eigenvalue weighted by Gasteiger charge is 1.83. The van der Waals surface area contributed by atoms with Crippen molar-refractivity contribution in [3.8, 4) is 0 Å². The van der Waals surface area contributed by atoms with Gasteiger partial charge in [-0.05, 0) is 11.5 Å². The van der Waals surface area contributed by atoms with Gasteiger partial charge in [0.2, 0.25) is 0 Å². The third-order valence-electron chi connectivity index (χ3n) is 0.364. The fourth-order valence-electron chi connectivity index (χ4n) is 0.173. The van der Waals surface area contributed by atoms with Crippen LogP contribution in [0.1, 0.15) is 0 Å². The van der Waals surface area contributed by atoms with Crippen LogP contribution < -0.4 is 0 Å². The van der Waals surface area contributed by atoms with E-state index in [2.05, 4.69) is 10.6 Å². The number of rotatable bonds is 0. The molecule has 0 aliphatic heterocycles. The lowest BCUT2D eigenvalue weighted by Crippen LogP contribution is -1.44. The minimum Gasteiger partial charge on any atom is -0.193 e. The Morgan fingerprint density at radius 1 is 2.00 bits per heavy atom. The molecule has 0 N–H and O–H groups in total. The number of hydrogen-bond donors (Lipinski definition) is 0. The van der Waals surface area contributed by atoms with Gasteiger partial charge in [0.25, 0.3) is 0 Å². The van der Waals surface area contributed by atoms with Gasteiger partial charge in [-0.15, -0.1) is 0 Å². The Bertz CT molecular complexity index is 114. The summed E-state index contributed by atoms with van der Waals surface area (Å²) < 4.78 is 15.0. The summed E-state index contributed by atoms with van der Waals surface area (Å²) in [5, 5.41) is -0.282. The number of nitrogens with zero attached hydrogens (tertiary/aromatic N) is 1. The molecule has 1 radical (unpaired) electrons. The third kappa shape index (κ3) is 0.542. The van der Waals surface area contributed by atoms with Gasteiger partial charge in [0.15, 0.2) is 5.13 Å². The lowest BCUT2D eigenvalue weighted by molar-refractivity contribution is 0.657. The second kappa shape index (κ2) is 1.34. The van der Waals surface area contributed by atoms with E-state index in [4.69, 9.17) is 0 Å². The molecule has 1 aromatic heterocycles. The van der Waals surface area contributed by atoms with Crippen molar-refractivity contribution in [2.75, 3.05) is 0 Å². The molecule has 0 aromatic carbocycles. The molecule has 0 bridgehead atoms. The van der Waals surface area contributed by atoms with Crippen LogP contribution in [0.25, 0.3) is 0 Å². The molecule has 0 fully saturated rings. The normalized spacial score (nSPS) is 8.83. The smallest absolute Gasteiger partial charge is 0.193 e. The van der Waals surface area contributed by atoms with Crippen LogP contribution in [0.15, 0.2) is 6.07 Å². The molecule has 0 aliphatic rings. The van der Waals surface area contributed by atoms with Gasteiger partial charge in [-0.1, -0.05) is 0 Å². The first-order valence-electron chi connectivity index (χ1n) is 1.38. The monoisotopic (exact) mass is 102 g/mol. The molecule has 0 aliphatic carbocycles. The van der Waals surface area contributed by atoms with E-state index in [1.807, 2.05) is 0 Å². The van der Waals surface area contributed by atoms with Gasteiger partial charge in [-0.3, -0.25) is 0 Å². The van der Waals surface area contributed by atoms with E-state index in [-0.39, 0.29) is 5.13 Å². The van der Waals surface area contributed by atoms with Gasteiger partial charge in [0.05, 0.1) is 0 Å². The maximum atomic E-state index is 11.6. The fraction of sp³-hybridized carbons (Fsp3) is 0. The molecular weight excluding hydrogens is 101 g/mol. The van der Waals surface area contributed by atoms with Crippen LogP contribution in [0.2, 0.25) is 0 Å². The zero-order valence-electron chi connectivity index (χ0n) is 2.81. The van der Waals surface area contributed by atoms with E-state index in [0.717, 1.165) is 11.5 Å². The first-order valence-corrected chi connectivity index (χ1v) is 2.15. The predicted molar refractivity (Wildman–Crippen MR) is 20.9 cm³/mol. The number of aromatic nitrogens is 1. The molecule has 1 aromatic rings. The molecule has 0 atom stereocenters. The Morgan fingerprint density at radius 2 is 2.83 bits per heavy atom. The minimum atomic E-state index is -0.282. The Kier molecular flexibility index (Phi) is 0.837. The van der Waals surface area contributed by atoms with Crippen LogP contribution in [0, 0.1) is 11.3 Å². The summed E-state index contributed by atoms with van der Waals surface area (Å²) in [6, 6.07) is 1.20. The van der Waals surface area contributed by atoms with Crippen LogP contribution in [0.3, 0.4) is 0 Å². The summed E-state index contributed by atoms with van der Waals surface area (Å²) in [7, 11) is 0. The van der Waals surface area contributed by atoms with Crippen molar-refractivity contribution in [3.63, 3.8) is 0 Å². The first kappa shape index (κ1) is 3.74. The van der Waals surface area contributed by atoms with Crippen LogP contribution in [-0.2, 0) is 0 Å². The summed E-state index contributed by atoms with van der Waals surface area (Å²) in [4.78, 5) is 0. The van der Waals surface area contributed by atoms with E-state index in [0.29, 0.717) is 0 Å². The topological polar surface area (TPSA) is 12.9 Å². The Balaban J connectivity index is 3.05. The average Bonchev–Trinajstić information content (AvgIpc) is 1.86. The van der Waals surface area contributed by atoms with E-state index in [1.54, 1.807) is 0 Å². The van der Waals surface area contributed by atoms with Crippen molar-refractivity contribution in [1.82, 2.24) is 4.37 Å². The Morgan fingerprint density at radius 3 is 3.00 bits per heavy atom. The van der Waals surface area contributed by atoms with Gasteiger partial charge in [0, 0.05) is 6.07 Å². The highest BCUT2D eigenvalue weighted by Crippen LogP contribution is 1.97. The van der Waals surface area contributed by atoms with Gasteiger partial charge in [-0.25, -0.2) is 0 Å². The largest absolute Gasteiger partial charge is 0.196 e. The highest BCUT2D eigenvalue weighted by molar-refractivity contribution is 7.03. The molecule has 6 heavy (non-hydrogen) atoms. The summed E-state index contributed by atoms with van der Waals surface area (Å²) in [5.41, 5.74) is 0. The van der Waals surface area contributed by atoms with Crippen molar-refractivity contribution < 1.29 is 4.39 Å². The van der Waals surface area contributed by atoms with Crippen LogP contribution in [0.4, 0.5) is 4.39 Å². The summed E-state index contributed by atoms with van der Waals surface area (Å²) >= 11 is 0.806. The van der Waals surface area contributed by atoms with E-state index in [9.17, 15) is 4.39 Å². The minimum absolute atomic E-state index is 0.282. The number of halogens is 1. The van der Waals surface area contributed by atoms with Crippen molar-refractivity contribution >= 4 is 11.5 Å². The summed E-state index contributed by atoms with van der Waals surface area (Å²) in [6.45, 7) is 0. The third-order valence-corrected chi connectivity index (χ3v) is 0.853. The lowest BCUT2D eigenvalue weighted by atomic mass is 10.8. The highest BCUT2D eigenvalue weighted by atomic mass is 32.1. The van der Waals surface area contributed by atoms with Gasteiger partial charge < -0.3 is 0 Å². The average molecular weight is 102 g/mol. The maximum absolute atomic E-state index is 11.6. The second-order valence-electron chi connectivity index (χ2n) is 0.760. The summed E-state index contributed by atoms with van der Waals surface area (Å²) in [5.74, 6) is 0. The molecule has 1 heterocycles. The first-order chi connectivity index (χ1) is 2.89. The molecule has 0 saturated heterocycles. The molecule has 0 amide bonds. The van der Waals surface area contributed by atoms with Crippen molar-refractivity contribution in [3.05, 3.63) is 17.4 Å². The maximum Gasteiger partial charge on any atom is 0.196 e. The summed E-state index contributed by atoms with van der Waals surface area (Å²) in [6.07, 6.45) is 2.32. The molecule has 0 unspecified atom stereocenters. The molecule has 31 valence electrons. The zero-order valence-corrected chi connectivity index (χ0v) is 3.63. The van der Waals surface area contributed by atoms with Crippen LogP contribution in [-0.4, -0.2) is 4.37 Å². The van der Waals surface area contributed by atoms with Gasteiger partial charge >= 0.3 is 0 Å². The fourth-order valence-corrected chi connectivity index (χ4v) is 0.471. The van der Waals surface area contributed by atoms with Gasteiger partial charge in [-0.2, -0.15) is 8.76 Å². The predicted octanol–water partition coefficient (Wildman–Crippen LogP) is 1.08. The van der Waals surface area contributed by atoms with Crippen LogP contribution in [0.5, 0.6) is 0 Å². The van der Waals surface area contributed by atoms with Crippen LogP contribution >= 0.6 is 11.5 Å². The van der Waals surface area contributed by atoms with Gasteiger partial charge in [0.1, 0.15) is 6.20 Å². The quantitative estimate of drug-likeness (QED) is 0.477. The van der Waals surface area contributed by atoms with Crippen molar-refractivity contribution in [2.24, 2.45) is 0 Å². The van der Waals surface area contributed by atoms with Crippen molar-refractivity contribution in [1.29, 1.82) is 0 Å². The molecule has 1 nitrogen and oxygen atoms in total. The van der Waals surface area contributed by atoms with E-state index < -0.39 is 0 Å². The molecular formula is C3HFNS. The Labute approximate surface area is 38.6 Å². The van der Waals surface area contributed by atoms with E-state index >= 15 is 0 Å². The lowest BCUT2D eigenvalue weighted by Gasteiger charge is -1.57. The van der Waals surface area contributed by atoms with Crippen molar-refractivity contribution in [2.45, 2.75) is 0 Å². The molecule has 0 spiro atoms. The second-order valence-corrected chi connectivity index (χ2v) is 1.52. The molecule has 3 heteroatoms. The zero-order chi connectivity index (χ0) is 4.41. The van der Waals surface area contributed by atoms with E-state index in [1.165, 1.54) is 6.07 Å². The SMILES string of the molecule is Fc1c[c]ns1. The Hall–Kier alpha value is -0.440. The molecule has 1 rings (SSSR count). The molecule has 0 saturated carbocycles.